The van der Waals surface area contributed by atoms with Crippen molar-refractivity contribution >= 4 is 33.4 Å². The summed E-state index contributed by atoms with van der Waals surface area (Å²) in [5.74, 6) is -0.445. The molecule has 1 N–H and O–H groups in total. The Morgan fingerprint density at radius 1 is 1.11 bits per heavy atom. The van der Waals surface area contributed by atoms with E-state index >= 15 is 0 Å². The van der Waals surface area contributed by atoms with Crippen molar-refractivity contribution in [2.45, 2.75) is 11.3 Å². The second-order valence-corrected chi connectivity index (χ2v) is 8.55. The number of amides is 2. The van der Waals surface area contributed by atoms with Gasteiger partial charge >= 0.3 is 0 Å². The molecular formula is C18H20ClN3O5S. The number of carbonyl (C=O) groups is 2. The number of hydrogen-bond acceptors (Lipinski definition) is 5. The molecular weight excluding hydrogens is 406 g/mol. The van der Waals surface area contributed by atoms with E-state index in [2.05, 4.69) is 5.32 Å². The number of furan rings is 1. The highest BCUT2D eigenvalue weighted by molar-refractivity contribution is 7.89. The maximum absolute atomic E-state index is 12.7. The highest BCUT2D eigenvalue weighted by atomic mass is 35.5. The lowest BCUT2D eigenvalue weighted by molar-refractivity contribution is -0.132. The summed E-state index contributed by atoms with van der Waals surface area (Å²) in [6, 6.07) is 7.83. The predicted octanol–water partition coefficient (Wildman–Crippen LogP) is 1.59. The Labute approximate surface area is 168 Å². The van der Waals surface area contributed by atoms with Crippen molar-refractivity contribution in [3.63, 3.8) is 0 Å². The van der Waals surface area contributed by atoms with Crippen LogP contribution in [-0.4, -0.2) is 62.2 Å². The van der Waals surface area contributed by atoms with Crippen LogP contribution in [0.25, 0.3) is 0 Å². The van der Waals surface area contributed by atoms with E-state index in [1.54, 1.807) is 17.0 Å². The quantitative estimate of drug-likeness (QED) is 0.757. The topological polar surface area (TPSA) is 99.9 Å². The summed E-state index contributed by atoms with van der Waals surface area (Å²) < 4.78 is 31.6. The van der Waals surface area contributed by atoms with Crippen LogP contribution >= 0.6 is 11.6 Å². The highest BCUT2D eigenvalue weighted by Crippen LogP contribution is 2.25. The molecule has 0 radical (unpaired) electrons. The summed E-state index contributed by atoms with van der Waals surface area (Å²) in [5, 5.41) is 2.82. The van der Waals surface area contributed by atoms with Crippen LogP contribution in [0.1, 0.15) is 16.8 Å². The van der Waals surface area contributed by atoms with Gasteiger partial charge in [0.25, 0.3) is 5.91 Å². The molecule has 0 spiro atoms. The average Bonchev–Trinajstić information content (AvgIpc) is 3.23. The summed E-state index contributed by atoms with van der Waals surface area (Å²) >= 11 is 6.02. The zero-order valence-electron chi connectivity index (χ0n) is 15.0. The standard InChI is InChI=1S/C18H20ClN3O5S/c19-15-3-1-2-4-16(15)28(25,26)22-10-8-21(9-11-22)17(23)5-7-20-18(24)14-6-12-27-13-14/h1-4,6,12-13H,5,7-11H2,(H,20,24). The van der Waals surface area contributed by atoms with Gasteiger partial charge in [0.2, 0.25) is 15.9 Å². The summed E-state index contributed by atoms with van der Waals surface area (Å²) in [6.45, 7) is 1.17. The molecule has 2 heterocycles. The van der Waals surface area contributed by atoms with Crippen LogP contribution < -0.4 is 5.32 Å². The van der Waals surface area contributed by atoms with Gasteiger partial charge in [0, 0.05) is 39.1 Å². The molecule has 1 aromatic carbocycles. The molecule has 1 aliphatic rings. The lowest BCUT2D eigenvalue weighted by Gasteiger charge is -2.34. The summed E-state index contributed by atoms with van der Waals surface area (Å²) in [5.41, 5.74) is 0.394. The molecule has 0 atom stereocenters. The monoisotopic (exact) mass is 425 g/mol. The molecule has 10 heteroatoms. The van der Waals surface area contributed by atoms with Gasteiger partial charge in [-0.2, -0.15) is 4.31 Å². The van der Waals surface area contributed by atoms with Gasteiger partial charge in [-0.1, -0.05) is 23.7 Å². The summed E-state index contributed by atoms with van der Waals surface area (Å²) in [6.07, 6.45) is 2.87. The Morgan fingerprint density at radius 3 is 2.46 bits per heavy atom. The minimum absolute atomic E-state index is 0.0680. The van der Waals surface area contributed by atoms with Gasteiger partial charge < -0.3 is 14.6 Å². The molecule has 8 nitrogen and oxygen atoms in total. The zero-order valence-corrected chi connectivity index (χ0v) is 16.6. The number of rotatable bonds is 6. The van der Waals surface area contributed by atoms with E-state index in [4.69, 9.17) is 16.0 Å². The Bertz CT molecular complexity index is 938. The Hall–Kier alpha value is -2.36. The van der Waals surface area contributed by atoms with Gasteiger partial charge in [-0.05, 0) is 18.2 Å². The first-order chi connectivity index (χ1) is 13.4. The van der Waals surface area contributed by atoms with E-state index in [1.165, 1.54) is 35.0 Å². The van der Waals surface area contributed by atoms with Crippen molar-refractivity contribution in [1.29, 1.82) is 0 Å². The summed E-state index contributed by atoms with van der Waals surface area (Å²) in [4.78, 5) is 25.8. The molecule has 0 saturated carbocycles. The van der Waals surface area contributed by atoms with Gasteiger partial charge in [0.1, 0.15) is 11.2 Å². The van der Waals surface area contributed by atoms with Crippen LogP contribution in [0.15, 0.2) is 52.2 Å². The van der Waals surface area contributed by atoms with Crippen molar-refractivity contribution in [3.05, 3.63) is 53.4 Å². The van der Waals surface area contributed by atoms with Crippen LogP contribution in [0.4, 0.5) is 0 Å². The van der Waals surface area contributed by atoms with Crippen LogP contribution in [0.2, 0.25) is 5.02 Å². The molecule has 150 valence electrons. The first-order valence-electron chi connectivity index (χ1n) is 8.72. The second kappa shape index (κ2) is 8.76. The minimum atomic E-state index is -3.70. The molecule has 2 aromatic rings. The average molecular weight is 426 g/mol. The van der Waals surface area contributed by atoms with Gasteiger partial charge in [-0.25, -0.2) is 8.42 Å². The second-order valence-electron chi connectivity index (χ2n) is 6.23. The lowest BCUT2D eigenvalue weighted by Crippen LogP contribution is -2.50. The van der Waals surface area contributed by atoms with Crippen LogP contribution in [0.3, 0.4) is 0 Å². The van der Waals surface area contributed by atoms with Crippen LogP contribution in [0, 0.1) is 0 Å². The van der Waals surface area contributed by atoms with Crippen LogP contribution in [-0.2, 0) is 14.8 Å². The molecule has 1 fully saturated rings. The zero-order chi connectivity index (χ0) is 20.1. The Morgan fingerprint density at radius 2 is 1.82 bits per heavy atom. The molecule has 2 amide bonds. The van der Waals surface area contributed by atoms with Crippen molar-refractivity contribution in [3.8, 4) is 0 Å². The maximum atomic E-state index is 12.7. The fourth-order valence-electron chi connectivity index (χ4n) is 2.91. The fraction of sp³-hybridized carbons (Fsp3) is 0.333. The number of halogens is 1. The molecule has 1 saturated heterocycles. The van der Waals surface area contributed by atoms with Crippen LogP contribution in [0.5, 0.6) is 0 Å². The first kappa shape index (κ1) is 20.4. The van der Waals surface area contributed by atoms with Gasteiger partial charge in [0.15, 0.2) is 0 Å². The number of benzene rings is 1. The van der Waals surface area contributed by atoms with Crippen molar-refractivity contribution in [1.82, 2.24) is 14.5 Å². The molecule has 0 aliphatic carbocycles. The lowest BCUT2D eigenvalue weighted by atomic mass is 10.3. The smallest absolute Gasteiger partial charge is 0.254 e. The number of nitrogens with one attached hydrogen (secondary N) is 1. The Balaban J connectivity index is 1.49. The number of sulfonamides is 1. The molecule has 3 rings (SSSR count). The minimum Gasteiger partial charge on any atom is -0.472 e. The highest BCUT2D eigenvalue weighted by Gasteiger charge is 2.31. The maximum Gasteiger partial charge on any atom is 0.254 e. The van der Waals surface area contributed by atoms with Gasteiger partial charge in [-0.3, -0.25) is 9.59 Å². The normalized spacial score (nSPS) is 15.4. The fourth-order valence-corrected chi connectivity index (χ4v) is 4.82. The van der Waals surface area contributed by atoms with Gasteiger partial charge in [0.05, 0.1) is 16.8 Å². The van der Waals surface area contributed by atoms with E-state index in [1.807, 2.05) is 0 Å². The third-order valence-corrected chi connectivity index (χ3v) is 6.85. The molecule has 0 unspecified atom stereocenters. The molecule has 0 bridgehead atoms. The summed E-state index contributed by atoms with van der Waals surface area (Å²) in [7, 11) is -3.70. The number of nitrogens with zero attached hydrogens (tertiary/aromatic N) is 2. The van der Waals surface area contributed by atoms with E-state index in [9.17, 15) is 18.0 Å². The van der Waals surface area contributed by atoms with Crippen molar-refractivity contribution < 1.29 is 22.4 Å². The third kappa shape index (κ3) is 4.54. The molecule has 1 aliphatic heterocycles. The number of carbonyl (C=O) groups excluding carboxylic acids is 2. The number of hydrogen-bond donors (Lipinski definition) is 1. The van der Waals surface area contributed by atoms with E-state index in [-0.39, 0.29) is 60.9 Å². The number of piperazine rings is 1. The SMILES string of the molecule is O=C(NCCC(=O)N1CCN(S(=O)(=O)c2ccccc2Cl)CC1)c1ccoc1. The molecule has 28 heavy (non-hydrogen) atoms. The van der Waals surface area contributed by atoms with Gasteiger partial charge in [-0.15, -0.1) is 0 Å². The third-order valence-electron chi connectivity index (χ3n) is 4.45. The van der Waals surface area contributed by atoms with E-state index < -0.39 is 10.0 Å². The first-order valence-corrected chi connectivity index (χ1v) is 10.5. The van der Waals surface area contributed by atoms with E-state index in [0.717, 1.165) is 0 Å². The van der Waals surface area contributed by atoms with E-state index in [0.29, 0.717) is 5.56 Å². The van der Waals surface area contributed by atoms with Crippen molar-refractivity contribution in [2.75, 3.05) is 32.7 Å². The Kier molecular flexibility index (Phi) is 6.38. The van der Waals surface area contributed by atoms with Crippen molar-refractivity contribution in [2.24, 2.45) is 0 Å². The molecule has 1 aromatic heterocycles. The predicted molar refractivity (Wildman–Crippen MR) is 102 cm³/mol. The largest absolute Gasteiger partial charge is 0.472 e.